The number of halogens is 1. The van der Waals surface area contributed by atoms with Crippen LogP contribution in [-0.2, 0) is 0 Å². The molecule has 0 bridgehead atoms. The minimum atomic E-state index is -0.503. The Bertz CT molecular complexity index is 562. The van der Waals surface area contributed by atoms with Crippen molar-refractivity contribution in [1.82, 2.24) is 0 Å². The lowest BCUT2D eigenvalue weighted by Crippen LogP contribution is -2.11. The number of nitrogens with one attached hydrogen (secondary N) is 1. The smallest absolute Gasteiger partial charge is 0.255 e. The number of rotatable bonds is 3. The summed E-state index contributed by atoms with van der Waals surface area (Å²) in [7, 11) is 0. The van der Waals surface area contributed by atoms with Crippen molar-refractivity contribution in [2.24, 2.45) is 0 Å². The zero-order valence-electron chi connectivity index (χ0n) is 10.4. The van der Waals surface area contributed by atoms with Gasteiger partial charge in [-0.15, -0.1) is 0 Å². The van der Waals surface area contributed by atoms with E-state index in [2.05, 4.69) is 21.2 Å². The molecule has 0 spiro atoms. The molecular formula is C15H14BrNO2. The Morgan fingerprint density at radius 2 is 1.68 bits per heavy atom. The van der Waals surface area contributed by atoms with Crippen molar-refractivity contribution in [3.05, 3.63) is 64.1 Å². The summed E-state index contributed by atoms with van der Waals surface area (Å²) in [6, 6.07) is 14.3. The maximum absolute atomic E-state index is 12.0. The molecule has 0 radical (unpaired) electrons. The van der Waals surface area contributed by atoms with E-state index in [0.29, 0.717) is 11.3 Å². The van der Waals surface area contributed by atoms with Crippen LogP contribution in [0.3, 0.4) is 0 Å². The van der Waals surface area contributed by atoms with Crippen LogP contribution in [0.5, 0.6) is 0 Å². The molecule has 0 saturated heterocycles. The second-order valence-electron chi connectivity index (χ2n) is 4.26. The van der Waals surface area contributed by atoms with E-state index in [1.54, 1.807) is 43.3 Å². The summed E-state index contributed by atoms with van der Waals surface area (Å²) in [6.45, 7) is 1.70. The van der Waals surface area contributed by atoms with E-state index in [0.717, 1.165) is 10.0 Å². The number of hydrogen-bond donors (Lipinski definition) is 2. The monoisotopic (exact) mass is 319 g/mol. The molecule has 1 amide bonds. The highest BCUT2D eigenvalue weighted by atomic mass is 79.9. The van der Waals surface area contributed by atoms with Crippen LogP contribution < -0.4 is 5.32 Å². The van der Waals surface area contributed by atoms with Crippen LogP contribution in [0.1, 0.15) is 28.9 Å². The van der Waals surface area contributed by atoms with Crippen LogP contribution in [0.25, 0.3) is 0 Å². The molecule has 0 aliphatic rings. The van der Waals surface area contributed by atoms with Crippen molar-refractivity contribution >= 4 is 27.5 Å². The fraction of sp³-hybridized carbons (Fsp3) is 0.133. The molecule has 3 nitrogen and oxygen atoms in total. The van der Waals surface area contributed by atoms with Crippen molar-refractivity contribution in [2.75, 3.05) is 5.32 Å². The number of aliphatic hydroxyl groups excluding tert-OH is 1. The summed E-state index contributed by atoms with van der Waals surface area (Å²) in [5.41, 5.74) is 2.13. The first-order valence-electron chi connectivity index (χ1n) is 5.91. The molecule has 2 rings (SSSR count). The van der Waals surface area contributed by atoms with Gasteiger partial charge in [-0.1, -0.05) is 28.1 Å². The van der Waals surface area contributed by atoms with E-state index in [1.165, 1.54) is 0 Å². The average Bonchev–Trinajstić information content (AvgIpc) is 2.40. The molecule has 1 atom stereocenters. The van der Waals surface area contributed by atoms with Crippen LogP contribution in [0.15, 0.2) is 53.0 Å². The number of carbonyl (C=O) groups is 1. The molecule has 0 aliphatic carbocycles. The molecule has 19 heavy (non-hydrogen) atoms. The van der Waals surface area contributed by atoms with Crippen molar-refractivity contribution in [1.29, 1.82) is 0 Å². The standard InChI is InChI=1S/C15H14BrNO2/c1-10(18)11-4-8-14(9-5-11)17-15(19)12-2-6-13(16)7-3-12/h2-10,18H,1H3,(H,17,19)/t10-/m1/s1. The van der Waals surface area contributed by atoms with Gasteiger partial charge in [-0.3, -0.25) is 4.79 Å². The van der Waals surface area contributed by atoms with Gasteiger partial charge in [0.15, 0.2) is 0 Å². The lowest BCUT2D eigenvalue weighted by molar-refractivity contribution is 0.102. The molecule has 98 valence electrons. The van der Waals surface area contributed by atoms with E-state index in [1.807, 2.05) is 12.1 Å². The molecule has 2 aromatic rings. The number of amides is 1. The van der Waals surface area contributed by atoms with E-state index in [4.69, 9.17) is 0 Å². The predicted molar refractivity (Wildman–Crippen MR) is 79.2 cm³/mol. The van der Waals surface area contributed by atoms with Crippen molar-refractivity contribution < 1.29 is 9.90 Å². The fourth-order valence-corrected chi connectivity index (χ4v) is 1.91. The van der Waals surface area contributed by atoms with Crippen LogP contribution in [0.2, 0.25) is 0 Å². The molecule has 0 aromatic heterocycles. The third-order valence-electron chi connectivity index (χ3n) is 2.76. The Hall–Kier alpha value is -1.65. The predicted octanol–water partition coefficient (Wildman–Crippen LogP) is 3.75. The molecule has 0 saturated carbocycles. The van der Waals surface area contributed by atoms with Gasteiger partial charge in [0.2, 0.25) is 0 Å². The third-order valence-corrected chi connectivity index (χ3v) is 3.29. The Morgan fingerprint density at radius 1 is 1.11 bits per heavy atom. The van der Waals surface area contributed by atoms with Crippen molar-refractivity contribution in [3.63, 3.8) is 0 Å². The highest BCUT2D eigenvalue weighted by molar-refractivity contribution is 9.10. The summed E-state index contributed by atoms with van der Waals surface area (Å²) in [5.74, 6) is -0.155. The highest BCUT2D eigenvalue weighted by Crippen LogP contribution is 2.17. The van der Waals surface area contributed by atoms with Crippen molar-refractivity contribution in [3.8, 4) is 0 Å². The van der Waals surface area contributed by atoms with Crippen LogP contribution in [0.4, 0.5) is 5.69 Å². The third kappa shape index (κ3) is 3.66. The van der Waals surface area contributed by atoms with Gasteiger partial charge in [0.1, 0.15) is 0 Å². The molecule has 4 heteroatoms. The van der Waals surface area contributed by atoms with Gasteiger partial charge in [0, 0.05) is 15.7 Å². The minimum absolute atomic E-state index is 0.155. The molecule has 0 unspecified atom stereocenters. The zero-order valence-corrected chi connectivity index (χ0v) is 12.0. The summed E-state index contributed by atoms with van der Waals surface area (Å²) in [6.07, 6.45) is -0.503. The Kier molecular flexibility index (Phi) is 4.35. The second kappa shape index (κ2) is 5.99. The summed E-state index contributed by atoms with van der Waals surface area (Å²) in [5, 5.41) is 12.2. The number of benzene rings is 2. The van der Waals surface area contributed by atoms with Crippen molar-refractivity contribution in [2.45, 2.75) is 13.0 Å². The van der Waals surface area contributed by atoms with Gasteiger partial charge in [0.25, 0.3) is 5.91 Å². The summed E-state index contributed by atoms with van der Waals surface area (Å²) in [4.78, 5) is 12.0. The first-order chi connectivity index (χ1) is 9.06. The summed E-state index contributed by atoms with van der Waals surface area (Å²) >= 11 is 3.33. The largest absolute Gasteiger partial charge is 0.389 e. The van der Waals surface area contributed by atoms with Gasteiger partial charge in [0.05, 0.1) is 6.10 Å². The quantitative estimate of drug-likeness (QED) is 0.905. The van der Waals surface area contributed by atoms with E-state index in [9.17, 15) is 9.90 Å². The van der Waals surface area contributed by atoms with Crippen LogP contribution in [0, 0.1) is 0 Å². The lowest BCUT2D eigenvalue weighted by Gasteiger charge is -2.08. The molecule has 2 N–H and O–H groups in total. The molecule has 2 aromatic carbocycles. The van der Waals surface area contributed by atoms with Gasteiger partial charge < -0.3 is 10.4 Å². The van der Waals surface area contributed by atoms with Gasteiger partial charge >= 0.3 is 0 Å². The topological polar surface area (TPSA) is 49.3 Å². The van der Waals surface area contributed by atoms with E-state index >= 15 is 0 Å². The van der Waals surface area contributed by atoms with Gasteiger partial charge in [-0.2, -0.15) is 0 Å². The number of carbonyl (C=O) groups excluding carboxylic acids is 1. The van der Waals surface area contributed by atoms with Crippen LogP contribution >= 0.6 is 15.9 Å². The Labute approximate surface area is 120 Å². The van der Waals surface area contributed by atoms with E-state index < -0.39 is 6.10 Å². The number of hydrogen-bond acceptors (Lipinski definition) is 2. The first kappa shape index (κ1) is 13.8. The average molecular weight is 320 g/mol. The minimum Gasteiger partial charge on any atom is -0.389 e. The van der Waals surface area contributed by atoms with Gasteiger partial charge in [-0.25, -0.2) is 0 Å². The maximum Gasteiger partial charge on any atom is 0.255 e. The SMILES string of the molecule is C[C@@H](O)c1ccc(NC(=O)c2ccc(Br)cc2)cc1. The molecular weight excluding hydrogens is 306 g/mol. The van der Waals surface area contributed by atoms with E-state index in [-0.39, 0.29) is 5.91 Å². The van der Waals surface area contributed by atoms with Crippen LogP contribution in [-0.4, -0.2) is 11.0 Å². The highest BCUT2D eigenvalue weighted by Gasteiger charge is 2.06. The number of anilines is 1. The first-order valence-corrected chi connectivity index (χ1v) is 6.70. The second-order valence-corrected chi connectivity index (χ2v) is 5.17. The Balaban J connectivity index is 2.08. The molecule has 0 heterocycles. The zero-order chi connectivity index (χ0) is 13.8. The van der Waals surface area contributed by atoms with Gasteiger partial charge in [-0.05, 0) is 48.9 Å². The Morgan fingerprint density at radius 3 is 2.21 bits per heavy atom. The summed E-state index contributed by atoms with van der Waals surface area (Å²) < 4.78 is 0.935. The number of aliphatic hydroxyl groups is 1. The fourth-order valence-electron chi connectivity index (χ4n) is 1.65. The molecule has 0 fully saturated rings. The maximum atomic E-state index is 12.0. The normalized spacial score (nSPS) is 11.9. The lowest BCUT2D eigenvalue weighted by atomic mass is 10.1. The molecule has 0 aliphatic heterocycles.